The predicted octanol–water partition coefficient (Wildman–Crippen LogP) is 2.92. The summed E-state index contributed by atoms with van der Waals surface area (Å²) in [6, 6.07) is 9.07. The van der Waals surface area contributed by atoms with Crippen LogP contribution >= 0.6 is 0 Å². The second-order valence-electron chi connectivity index (χ2n) is 6.80. The zero-order valence-corrected chi connectivity index (χ0v) is 15.3. The van der Waals surface area contributed by atoms with Crippen LogP contribution in [0.3, 0.4) is 0 Å². The lowest BCUT2D eigenvalue weighted by molar-refractivity contribution is 0.321. The third-order valence-electron chi connectivity index (χ3n) is 5.01. The van der Waals surface area contributed by atoms with Gasteiger partial charge in [-0.25, -0.2) is 13.4 Å². The molecule has 130 valence electrons. The van der Waals surface area contributed by atoms with E-state index in [0.717, 1.165) is 11.4 Å². The van der Waals surface area contributed by atoms with Crippen LogP contribution < -0.4 is 0 Å². The number of hydrogen-bond donors (Lipinski definition) is 0. The number of benzene rings is 1. The molecule has 6 heteroatoms. The zero-order valence-electron chi connectivity index (χ0n) is 14.5. The number of nitrogens with zero attached hydrogens (tertiary/aromatic N) is 3. The van der Waals surface area contributed by atoms with Gasteiger partial charge in [0.1, 0.15) is 15.7 Å². The summed E-state index contributed by atoms with van der Waals surface area (Å²) < 4.78 is 25.4. The first-order valence-corrected chi connectivity index (χ1v) is 10.2. The molecule has 0 saturated carbocycles. The van der Waals surface area contributed by atoms with Crippen LogP contribution in [-0.4, -0.2) is 48.5 Å². The van der Waals surface area contributed by atoms with E-state index in [0.29, 0.717) is 18.9 Å². The molecule has 1 unspecified atom stereocenters. The standard InChI is InChI=1S/C18H25N3O2S/c1-14(20(2)3)15-4-6-16(7-5-15)18-19-10-11-21(18)17-8-12-24(22,23)13-9-17/h4-7,10-11,14,17H,8-9,12-13H2,1-3H3. The van der Waals surface area contributed by atoms with Crippen LogP contribution in [-0.2, 0) is 9.84 Å². The van der Waals surface area contributed by atoms with Gasteiger partial charge < -0.3 is 9.47 Å². The molecule has 0 aliphatic carbocycles. The molecule has 1 aliphatic rings. The molecular weight excluding hydrogens is 322 g/mol. The fourth-order valence-corrected chi connectivity index (χ4v) is 4.66. The molecule has 5 nitrogen and oxygen atoms in total. The van der Waals surface area contributed by atoms with Gasteiger partial charge in [0, 0.05) is 30.0 Å². The fraction of sp³-hybridized carbons (Fsp3) is 0.500. The molecule has 0 N–H and O–H groups in total. The zero-order chi connectivity index (χ0) is 17.3. The normalized spacial score (nSPS) is 19.5. The van der Waals surface area contributed by atoms with E-state index >= 15 is 0 Å². The highest BCUT2D eigenvalue weighted by Gasteiger charge is 2.26. The van der Waals surface area contributed by atoms with Gasteiger partial charge >= 0.3 is 0 Å². The summed E-state index contributed by atoms with van der Waals surface area (Å²) in [4.78, 5) is 6.69. The summed E-state index contributed by atoms with van der Waals surface area (Å²) >= 11 is 0. The van der Waals surface area contributed by atoms with Crippen molar-refractivity contribution in [1.29, 1.82) is 0 Å². The number of sulfone groups is 1. The van der Waals surface area contributed by atoms with Crippen LogP contribution in [0.1, 0.15) is 37.4 Å². The molecule has 1 aromatic heterocycles. The van der Waals surface area contributed by atoms with E-state index in [-0.39, 0.29) is 17.5 Å². The maximum absolute atomic E-state index is 11.6. The van der Waals surface area contributed by atoms with E-state index in [1.807, 2.05) is 6.20 Å². The highest BCUT2D eigenvalue weighted by Crippen LogP contribution is 2.29. The summed E-state index contributed by atoms with van der Waals surface area (Å²) in [5.74, 6) is 1.46. The van der Waals surface area contributed by atoms with Gasteiger partial charge in [-0.15, -0.1) is 0 Å². The van der Waals surface area contributed by atoms with Crippen molar-refractivity contribution in [2.24, 2.45) is 0 Å². The van der Waals surface area contributed by atoms with Crippen molar-refractivity contribution in [3.05, 3.63) is 42.2 Å². The van der Waals surface area contributed by atoms with E-state index < -0.39 is 9.84 Å². The van der Waals surface area contributed by atoms with Crippen molar-refractivity contribution in [2.75, 3.05) is 25.6 Å². The topological polar surface area (TPSA) is 55.2 Å². The van der Waals surface area contributed by atoms with Crippen LogP contribution in [0.4, 0.5) is 0 Å². The molecule has 3 rings (SSSR count). The SMILES string of the molecule is CC(c1ccc(-c2nccn2C2CCS(=O)(=O)CC2)cc1)N(C)C. The quantitative estimate of drug-likeness (QED) is 0.853. The molecule has 0 radical (unpaired) electrons. The minimum Gasteiger partial charge on any atom is -0.328 e. The van der Waals surface area contributed by atoms with Crippen molar-refractivity contribution in [1.82, 2.24) is 14.5 Å². The highest BCUT2D eigenvalue weighted by molar-refractivity contribution is 7.91. The Morgan fingerprint density at radius 2 is 1.79 bits per heavy atom. The highest BCUT2D eigenvalue weighted by atomic mass is 32.2. The van der Waals surface area contributed by atoms with Gasteiger partial charge in [0.05, 0.1) is 11.5 Å². The third kappa shape index (κ3) is 3.54. The fourth-order valence-electron chi connectivity index (χ4n) is 3.20. The monoisotopic (exact) mass is 347 g/mol. The molecule has 1 fully saturated rings. The summed E-state index contributed by atoms with van der Waals surface area (Å²) in [6.45, 7) is 2.18. The molecule has 2 aromatic rings. The van der Waals surface area contributed by atoms with Crippen LogP contribution in [0.5, 0.6) is 0 Å². The lowest BCUT2D eigenvalue weighted by Gasteiger charge is -2.25. The summed E-state index contributed by atoms with van der Waals surface area (Å²) in [6.07, 6.45) is 5.10. The largest absolute Gasteiger partial charge is 0.328 e. The average Bonchev–Trinajstić information content (AvgIpc) is 3.03. The first kappa shape index (κ1) is 17.2. The lowest BCUT2D eigenvalue weighted by atomic mass is 10.0. The molecule has 2 heterocycles. The molecule has 0 spiro atoms. The maximum atomic E-state index is 11.6. The molecule has 0 amide bonds. The van der Waals surface area contributed by atoms with E-state index in [9.17, 15) is 8.42 Å². The van der Waals surface area contributed by atoms with Gasteiger partial charge in [-0.2, -0.15) is 0 Å². The van der Waals surface area contributed by atoms with Crippen molar-refractivity contribution in [2.45, 2.75) is 31.8 Å². The van der Waals surface area contributed by atoms with Crippen molar-refractivity contribution < 1.29 is 8.42 Å². The Kier molecular flexibility index (Phi) is 4.78. The molecule has 1 atom stereocenters. The van der Waals surface area contributed by atoms with Crippen LogP contribution in [0.2, 0.25) is 0 Å². The second kappa shape index (κ2) is 6.69. The number of aromatic nitrogens is 2. The molecule has 24 heavy (non-hydrogen) atoms. The first-order chi connectivity index (χ1) is 11.4. The Morgan fingerprint density at radius 1 is 1.17 bits per heavy atom. The van der Waals surface area contributed by atoms with E-state index in [1.165, 1.54) is 5.56 Å². The number of imidazole rings is 1. The molecule has 1 saturated heterocycles. The Labute approximate surface area is 144 Å². The van der Waals surface area contributed by atoms with Gasteiger partial charge in [0.15, 0.2) is 0 Å². The van der Waals surface area contributed by atoms with E-state index in [4.69, 9.17) is 0 Å². The average molecular weight is 347 g/mol. The van der Waals surface area contributed by atoms with Gasteiger partial charge in [-0.3, -0.25) is 0 Å². The molecule has 1 aromatic carbocycles. The Bertz CT molecular complexity index is 780. The Hall–Kier alpha value is -1.66. The first-order valence-electron chi connectivity index (χ1n) is 8.37. The smallest absolute Gasteiger partial charge is 0.150 e. The minimum absolute atomic E-state index is 0.214. The molecule has 0 bridgehead atoms. The van der Waals surface area contributed by atoms with Gasteiger partial charge in [0.25, 0.3) is 0 Å². The van der Waals surface area contributed by atoms with Gasteiger partial charge in [-0.05, 0) is 39.4 Å². The van der Waals surface area contributed by atoms with Crippen molar-refractivity contribution in [3.8, 4) is 11.4 Å². The Morgan fingerprint density at radius 3 is 2.38 bits per heavy atom. The van der Waals surface area contributed by atoms with E-state index in [1.54, 1.807) is 6.20 Å². The minimum atomic E-state index is -2.85. The van der Waals surface area contributed by atoms with Crippen molar-refractivity contribution >= 4 is 9.84 Å². The summed E-state index contributed by atoms with van der Waals surface area (Å²) in [5, 5.41) is 0. The van der Waals surface area contributed by atoms with Crippen molar-refractivity contribution in [3.63, 3.8) is 0 Å². The van der Waals surface area contributed by atoms with Crippen LogP contribution in [0.25, 0.3) is 11.4 Å². The molecular formula is C18H25N3O2S. The molecule has 1 aliphatic heterocycles. The second-order valence-corrected chi connectivity index (χ2v) is 9.11. The summed E-state index contributed by atoms with van der Waals surface area (Å²) in [5.41, 5.74) is 2.34. The third-order valence-corrected chi connectivity index (χ3v) is 6.73. The summed E-state index contributed by atoms with van der Waals surface area (Å²) in [7, 11) is 1.30. The van der Waals surface area contributed by atoms with E-state index in [2.05, 4.69) is 59.7 Å². The van der Waals surface area contributed by atoms with Gasteiger partial charge in [-0.1, -0.05) is 24.3 Å². The maximum Gasteiger partial charge on any atom is 0.150 e. The number of hydrogen-bond acceptors (Lipinski definition) is 4. The Balaban J connectivity index is 1.83. The number of rotatable bonds is 4. The lowest BCUT2D eigenvalue weighted by Crippen LogP contribution is -2.25. The van der Waals surface area contributed by atoms with Crippen LogP contribution in [0.15, 0.2) is 36.7 Å². The van der Waals surface area contributed by atoms with Crippen LogP contribution in [0, 0.1) is 0 Å². The van der Waals surface area contributed by atoms with Gasteiger partial charge in [0.2, 0.25) is 0 Å². The predicted molar refractivity (Wildman–Crippen MR) is 96.7 cm³/mol.